The molecule has 5 heteroatoms. The summed E-state index contributed by atoms with van der Waals surface area (Å²) in [7, 11) is 0. The highest BCUT2D eigenvalue weighted by Crippen LogP contribution is 2.19. The van der Waals surface area contributed by atoms with Crippen molar-refractivity contribution < 1.29 is 0 Å². The van der Waals surface area contributed by atoms with Crippen molar-refractivity contribution in [2.75, 3.05) is 0 Å². The molecule has 3 nitrogen and oxygen atoms in total. The molecular weight excluding hydrogens is 197 g/mol. The van der Waals surface area contributed by atoms with E-state index in [2.05, 4.69) is 9.97 Å². The first-order valence-corrected chi connectivity index (χ1v) is 4.10. The molecule has 0 aromatic carbocycles. The summed E-state index contributed by atoms with van der Waals surface area (Å²) in [5.74, 6) is 0.805. The van der Waals surface area contributed by atoms with Gasteiger partial charge in [-0.25, -0.2) is 9.97 Å². The molecule has 12 heavy (non-hydrogen) atoms. The third kappa shape index (κ3) is 0.974. The van der Waals surface area contributed by atoms with E-state index in [9.17, 15) is 0 Å². The van der Waals surface area contributed by atoms with Crippen LogP contribution in [0.4, 0.5) is 0 Å². The predicted octanol–water partition coefficient (Wildman–Crippen LogP) is 2.34. The van der Waals surface area contributed by atoms with Crippen molar-refractivity contribution in [3.63, 3.8) is 0 Å². The summed E-state index contributed by atoms with van der Waals surface area (Å²) in [6.07, 6.45) is 3.15. The zero-order valence-electron chi connectivity index (χ0n) is 6.25. The van der Waals surface area contributed by atoms with Crippen molar-refractivity contribution in [1.29, 1.82) is 0 Å². The van der Waals surface area contributed by atoms with E-state index < -0.39 is 0 Å². The van der Waals surface area contributed by atoms with Gasteiger partial charge in [0.1, 0.15) is 16.5 Å². The molecule has 0 radical (unpaired) electrons. The monoisotopic (exact) mass is 201 g/mol. The predicted molar refractivity (Wildman–Crippen MR) is 47.7 cm³/mol. The lowest BCUT2D eigenvalue weighted by atomic mass is 10.6. The van der Waals surface area contributed by atoms with Crippen LogP contribution in [0.2, 0.25) is 10.3 Å². The smallest absolute Gasteiger partial charge is 0.154 e. The van der Waals surface area contributed by atoms with E-state index in [1.807, 2.05) is 6.92 Å². The van der Waals surface area contributed by atoms with Gasteiger partial charge < -0.3 is 0 Å². The number of imidazole rings is 1. The maximum Gasteiger partial charge on any atom is 0.154 e. The summed E-state index contributed by atoms with van der Waals surface area (Å²) in [6.45, 7) is 1.86. The molecule has 0 fully saturated rings. The minimum absolute atomic E-state index is 0.417. The Balaban J connectivity index is 2.98. The molecule has 0 spiro atoms. The lowest BCUT2D eigenvalue weighted by Crippen LogP contribution is -1.91. The summed E-state index contributed by atoms with van der Waals surface area (Å²) in [5, 5.41) is 0.935. The van der Waals surface area contributed by atoms with Crippen LogP contribution in [0.3, 0.4) is 0 Å². The van der Waals surface area contributed by atoms with Gasteiger partial charge in [-0.1, -0.05) is 23.2 Å². The summed E-state index contributed by atoms with van der Waals surface area (Å²) in [4.78, 5) is 7.96. The summed E-state index contributed by atoms with van der Waals surface area (Å²) in [6, 6.07) is 0. The minimum atomic E-state index is 0.417. The molecule has 0 saturated carbocycles. The maximum absolute atomic E-state index is 5.88. The minimum Gasteiger partial charge on any atom is -0.283 e. The second-order valence-corrected chi connectivity index (χ2v) is 3.14. The van der Waals surface area contributed by atoms with Gasteiger partial charge in [-0.3, -0.25) is 4.40 Å². The average Bonchev–Trinajstić information content (AvgIpc) is 2.42. The average molecular weight is 202 g/mol. The van der Waals surface area contributed by atoms with Crippen LogP contribution in [0.25, 0.3) is 5.52 Å². The molecule has 0 aliphatic heterocycles. The molecule has 62 valence electrons. The van der Waals surface area contributed by atoms with Crippen molar-refractivity contribution in [2.24, 2.45) is 0 Å². The number of fused-ring (bicyclic) bond motifs is 1. The fourth-order valence-corrected chi connectivity index (χ4v) is 1.54. The van der Waals surface area contributed by atoms with Crippen molar-refractivity contribution in [1.82, 2.24) is 14.4 Å². The van der Waals surface area contributed by atoms with E-state index in [0.717, 1.165) is 11.3 Å². The fraction of sp³-hybridized carbons (Fsp3) is 0.143. The summed E-state index contributed by atoms with van der Waals surface area (Å²) in [5.41, 5.74) is 0.738. The third-order valence-electron chi connectivity index (χ3n) is 1.65. The SMILES string of the molecule is Cc1ncc2c(Cl)ncc(Cl)n12. The fourth-order valence-electron chi connectivity index (χ4n) is 1.09. The first kappa shape index (κ1) is 7.83. The first-order valence-electron chi connectivity index (χ1n) is 3.34. The molecule has 2 aromatic rings. The van der Waals surface area contributed by atoms with Gasteiger partial charge >= 0.3 is 0 Å². The largest absolute Gasteiger partial charge is 0.283 e. The van der Waals surface area contributed by atoms with Crippen molar-refractivity contribution in [3.05, 3.63) is 28.5 Å². The normalized spacial score (nSPS) is 10.9. The first-order chi connectivity index (χ1) is 5.70. The third-order valence-corrected chi connectivity index (χ3v) is 2.21. The Labute approximate surface area is 79.0 Å². The molecular formula is C7H5Cl2N3. The highest BCUT2D eigenvalue weighted by molar-refractivity contribution is 6.33. The Bertz CT molecular complexity index is 435. The van der Waals surface area contributed by atoms with Crippen LogP contribution < -0.4 is 0 Å². The summed E-state index contributed by atoms with van der Waals surface area (Å²) < 4.78 is 1.75. The summed E-state index contributed by atoms with van der Waals surface area (Å²) >= 11 is 11.7. The van der Waals surface area contributed by atoms with Gasteiger partial charge in [0.25, 0.3) is 0 Å². The van der Waals surface area contributed by atoms with Crippen LogP contribution in [0.5, 0.6) is 0 Å². The van der Waals surface area contributed by atoms with E-state index in [4.69, 9.17) is 23.2 Å². The molecule has 0 aliphatic rings. The van der Waals surface area contributed by atoms with Gasteiger partial charge in [0.15, 0.2) is 5.15 Å². The van der Waals surface area contributed by atoms with E-state index in [1.165, 1.54) is 6.20 Å². The quantitative estimate of drug-likeness (QED) is 0.656. The highest BCUT2D eigenvalue weighted by Gasteiger charge is 2.06. The number of hydrogen-bond donors (Lipinski definition) is 0. The molecule has 0 amide bonds. The number of rotatable bonds is 0. The number of aryl methyl sites for hydroxylation is 1. The molecule has 2 aromatic heterocycles. The lowest BCUT2D eigenvalue weighted by Gasteiger charge is -1.99. The molecule has 2 rings (SSSR count). The van der Waals surface area contributed by atoms with Crippen LogP contribution in [-0.2, 0) is 0 Å². The zero-order valence-corrected chi connectivity index (χ0v) is 7.76. The topological polar surface area (TPSA) is 30.2 Å². The molecule has 0 unspecified atom stereocenters. The Kier molecular flexibility index (Phi) is 1.70. The Morgan fingerprint density at radius 3 is 2.67 bits per heavy atom. The second-order valence-electron chi connectivity index (χ2n) is 2.40. The van der Waals surface area contributed by atoms with Gasteiger partial charge in [-0.05, 0) is 6.92 Å². The number of nitrogens with zero attached hydrogens (tertiary/aromatic N) is 3. The van der Waals surface area contributed by atoms with Crippen molar-refractivity contribution in [2.45, 2.75) is 6.92 Å². The molecule has 0 aliphatic carbocycles. The van der Waals surface area contributed by atoms with E-state index in [-0.39, 0.29) is 0 Å². The maximum atomic E-state index is 5.88. The van der Waals surface area contributed by atoms with E-state index in [1.54, 1.807) is 10.6 Å². The molecule has 2 heterocycles. The van der Waals surface area contributed by atoms with E-state index >= 15 is 0 Å². The Morgan fingerprint density at radius 2 is 2.00 bits per heavy atom. The number of aromatic nitrogens is 3. The van der Waals surface area contributed by atoms with Crippen LogP contribution >= 0.6 is 23.2 Å². The Morgan fingerprint density at radius 1 is 1.25 bits per heavy atom. The van der Waals surface area contributed by atoms with Gasteiger partial charge in [0.05, 0.1) is 12.4 Å². The molecule has 0 bridgehead atoms. The Hall–Kier alpha value is -0.800. The standard InChI is InChI=1S/C7H5Cl2N3/c1-4-10-2-5-7(9)11-3-6(8)12(4)5/h2-3H,1H3. The van der Waals surface area contributed by atoms with Gasteiger partial charge in [0, 0.05) is 0 Å². The number of hydrogen-bond acceptors (Lipinski definition) is 2. The van der Waals surface area contributed by atoms with Crippen LogP contribution in [0, 0.1) is 6.92 Å². The highest BCUT2D eigenvalue weighted by atomic mass is 35.5. The molecule has 0 atom stereocenters. The van der Waals surface area contributed by atoms with Crippen molar-refractivity contribution >= 4 is 28.7 Å². The van der Waals surface area contributed by atoms with Crippen LogP contribution in [0.15, 0.2) is 12.4 Å². The van der Waals surface area contributed by atoms with Crippen LogP contribution in [0.1, 0.15) is 5.82 Å². The number of halogens is 2. The van der Waals surface area contributed by atoms with Crippen molar-refractivity contribution in [3.8, 4) is 0 Å². The molecule has 0 saturated heterocycles. The molecule has 0 N–H and O–H groups in total. The van der Waals surface area contributed by atoms with Gasteiger partial charge in [-0.15, -0.1) is 0 Å². The van der Waals surface area contributed by atoms with Crippen LogP contribution in [-0.4, -0.2) is 14.4 Å². The van der Waals surface area contributed by atoms with Gasteiger partial charge in [0.2, 0.25) is 0 Å². The lowest BCUT2D eigenvalue weighted by molar-refractivity contribution is 1.03. The second kappa shape index (κ2) is 2.61. The van der Waals surface area contributed by atoms with Gasteiger partial charge in [-0.2, -0.15) is 0 Å². The van der Waals surface area contributed by atoms with E-state index in [0.29, 0.717) is 10.3 Å². The zero-order chi connectivity index (χ0) is 8.72.